The van der Waals surface area contributed by atoms with Gasteiger partial charge in [-0.2, -0.15) is 0 Å². The molecule has 1 unspecified atom stereocenters. The van der Waals surface area contributed by atoms with Crippen molar-refractivity contribution in [3.8, 4) is 0 Å². The Hall–Kier alpha value is -1.09. The predicted molar refractivity (Wildman–Crippen MR) is 70.3 cm³/mol. The number of aryl methyl sites for hydroxylation is 1. The molecule has 3 heteroatoms. The Morgan fingerprint density at radius 2 is 2.12 bits per heavy atom. The van der Waals surface area contributed by atoms with Crippen LogP contribution in [-0.4, -0.2) is 29.3 Å². The van der Waals surface area contributed by atoms with E-state index in [9.17, 15) is 5.11 Å². The van der Waals surface area contributed by atoms with Gasteiger partial charge in [-0.1, -0.05) is 6.07 Å². The predicted octanol–water partition coefficient (Wildman–Crippen LogP) is 2.39. The number of aliphatic hydroxyl groups is 1. The number of aliphatic hydroxyl groups excluding tert-OH is 1. The first-order valence-electron chi connectivity index (χ1n) is 6.64. The minimum Gasteiger partial charge on any atom is -0.393 e. The fraction of sp³-hybridized carbons (Fsp3) is 0.643. The molecule has 1 aromatic rings. The number of hydrogen-bond donors (Lipinski definition) is 1. The van der Waals surface area contributed by atoms with Gasteiger partial charge in [0.05, 0.1) is 6.10 Å². The summed E-state index contributed by atoms with van der Waals surface area (Å²) in [5.41, 5.74) is 1.27. The van der Waals surface area contributed by atoms with Crippen molar-refractivity contribution >= 4 is 5.82 Å². The number of rotatable bonds is 4. The Balaban J connectivity index is 2.09. The van der Waals surface area contributed by atoms with Crippen molar-refractivity contribution in [1.29, 1.82) is 0 Å². The summed E-state index contributed by atoms with van der Waals surface area (Å²) < 4.78 is 0. The maximum absolute atomic E-state index is 9.38. The molecule has 17 heavy (non-hydrogen) atoms. The van der Waals surface area contributed by atoms with Crippen molar-refractivity contribution in [2.45, 2.75) is 45.1 Å². The first-order chi connectivity index (χ1) is 8.27. The molecule has 1 aliphatic heterocycles. The van der Waals surface area contributed by atoms with Crippen LogP contribution >= 0.6 is 0 Å². The van der Waals surface area contributed by atoms with Crippen LogP contribution in [0.25, 0.3) is 0 Å². The van der Waals surface area contributed by atoms with E-state index in [-0.39, 0.29) is 6.10 Å². The van der Waals surface area contributed by atoms with Crippen molar-refractivity contribution in [2.24, 2.45) is 0 Å². The summed E-state index contributed by atoms with van der Waals surface area (Å²) in [7, 11) is 0. The van der Waals surface area contributed by atoms with Gasteiger partial charge in [0.2, 0.25) is 0 Å². The molecule has 0 amide bonds. The molecule has 0 bridgehead atoms. The van der Waals surface area contributed by atoms with E-state index >= 15 is 0 Å². The lowest BCUT2D eigenvalue weighted by Crippen LogP contribution is -2.31. The lowest BCUT2D eigenvalue weighted by Gasteiger charge is -2.29. The van der Waals surface area contributed by atoms with Crippen molar-refractivity contribution in [3.63, 3.8) is 0 Å². The minimum absolute atomic E-state index is 0.232. The molecule has 3 nitrogen and oxygen atoms in total. The van der Waals surface area contributed by atoms with Gasteiger partial charge in [-0.15, -0.1) is 0 Å². The molecule has 94 valence electrons. The molecule has 0 aromatic carbocycles. The van der Waals surface area contributed by atoms with Crippen molar-refractivity contribution in [2.75, 3.05) is 18.0 Å². The van der Waals surface area contributed by atoms with E-state index in [1.54, 1.807) is 0 Å². The van der Waals surface area contributed by atoms with Gasteiger partial charge in [0.1, 0.15) is 5.82 Å². The van der Waals surface area contributed by atoms with Gasteiger partial charge >= 0.3 is 0 Å². The van der Waals surface area contributed by atoms with Crippen LogP contribution in [0.1, 0.15) is 38.2 Å². The number of nitrogens with zero attached hydrogens (tertiary/aromatic N) is 2. The second-order valence-corrected chi connectivity index (χ2v) is 4.92. The molecular weight excluding hydrogens is 212 g/mol. The van der Waals surface area contributed by atoms with Gasteiger partial charge in [-0.25, -0.2) is 4.98 Å². The number of pyridine rings is 1. The molecule has 1 aromatic heterocycles. The largest absolute Gasteiger partial charge is 0.393 e. The molecular formula is C14H22N2O. The Morgan fingerprint density at radius 1 is 1.35 bits per heavy atom. The lowest BCUT2D eigenvalue weighted by atomic mass is 10.1. The average Bonchev–Trinajstić information content (AvgIpc) is 2.38. The number of hydrogen-bond acceptors (Lipinski definition) is 3. The normalized spacial score (nSPS) is 18.1. The third kappa shape index (κ3) is 3.43. The molecule has 2 heterocycles. The fourth-order valence-corrected chi connectivity index (χ4v) is 2.38. The number of anilines is 1. The second kappa shape index (κ2) is 6.01. The monoisotopic (exact) mass is 234 g/mol. The molecule has 0 spiro atoms. The van der Waals surface area contributed by atoms with Gasteiger partial charge in [-0.3, -0.25) is 0 Å². The smallest absolute Gasteiger partial charge is 0.131 e. The first-order valence-corrected chi connectivity index (χ1v) is 6.64. The zero-order valence-electron chi connectivity index (χ0n) is 10.6. The van der Waals surface area contributed by atoms with E-state index < -0.39 is 0 Å². The third-order valence-corrected chi connectivity index (χ3v) is 3.35. The van der Waals surface area contributed by atoms with Crippen LogP contribution in [0.15, 0.2) is 18.3 Å². The minimum atomic E-state index is -0.232. The summed E-state index contributed by atoms with van der Waals surface area (Å²) in [6.07, 6.45) is 7.25. The van der Waals surface area contributed by atoms with Crippen LogP contribution in [-0.2, 0) is 6.42 Å². The lowest BCUT2D eigenvalue weighted by molar-refractivity contribution is 0.185. The zero-order chi connectivity index (χ0) is 12.1. The summed E-state index contributed by atoms with van der Waals surface area (Å²) >= 11 is 0. The van der Waals surface area contributed by atoms with Crippen molar-refractivity contribution in [3.05, 3.63) is 23.9 Å². The van der Waals surface area contributed by atoms with Gasteiger partial charge in [0.15, 0.2) is 0 Å². The van der Waals surface area contributed by atoms with Crippen LogP contribution < -0.4 is 4.90 Å². The highest BCUT2D eigenvalue weighted by molar-refractivity contribution is 5.47. The molecule has 1 aliphatic rings. The molecule has 2 rings (SSSR count). The highest BCUT2D eigenvalue weighted by atomic mass is 16.3. The van der Waals surface area contributed by atoms with Crippen LogP contribution in [0, 0.1) is 0 Å². The standard InChI is InChI=1S/C14H22N2O/c1-12(17)7-8-13-6-5-9-15-14(13)16-10-3-2-4-11-16/h5-6,9,12,17H,2-4,7-8,10-11H2,1H3. The van der Waals surface area contributed by atoms with Crippen LogP contribution in [0.4, 0.5) is 5.82 Å². The summed E-state index contributed by atoms with van der Waals surface area (Å²) in [6.45, 7) is 4.09. The fourth-order valence-electron chi connectivity index (χ4n) is 2.38. The van der Waals surface area contributed by atoms with Crippen LogP contribution in [0.5, 0.6) is 0 Å². The Bertz CT molecular complexity index is 346. The Kier molecular flexibility index (Phi) is 4.37. The van der Waals surface area contributed by atoms with Gasteiger partial charge in [-0.05, 0) is 50.7 Å². The molecule has 0 radical (unpaired) electrons. The highest BCUT2D eigenvalue weighted by Gasteiger charge is 2.15. The second-order valence-electron chi connectivity index (χ2n) is 4.92. The molecule has 1 atom stereocenters. The van der Waals surface area contributed by atoms with Gasteiger partial charge in [0, 0.05) is 19.3 Å². The zero-order valence-corrected chi connectivity index (χ0v) is 10.6. The summed E-state index contributed by atoms with van der Waals surface area (Å²) in [6, 6.07) is 4.13. The van der Waals surface area contributed by atoms with E-state index in [0.29, 0.717) is 0 Å². The third-order valence-electron chi connectivity index (χ3n) is 3.35. The SMILES string of the molecule is CC(O)CCc1cccnc1N1CCCCC1. The number of piperidine rings is 1. The molecule has 0 saturated carbocycles. The maximum Gasteiger partial charge on any atom is 0.131 e. The van der Waals surface area contributed by atoms with E-state index in [1.165, 1.54) is 24.8 Å². The van der Waals surface area contributed by atoms with E-state index in [1.807, 2.05) is 19.2 Å². The summed E-state index contributed by atoms with van der Waals surface area (Å²) in [4.78, 5) is 6.91. The Labute approximate surface area is 103 Å². The quantitative estimate of drug-likeness (QED) is 0.869. The Morgan fingerprint density at radius 3 is 2.82 bits per heavy atom. The summed E-state index contributed by atoms with van der Waals surface area (Å²) in [5.74, 6) is 1.13. The highest BCUT2D eigenvalue weighted by Crippen LogP contribution is 2.22. The number of aromatic nitrogens is 1. The maximum atomic E-state index is 9.38. The van der Waals surface area contributed by atoms with Crippen LogP contribution in [0.2, 0.25) is 0 Å². The molecule has 1 N–H and O–H groups in total. The average molecular weight is 234 g/mol. The van der Waals surface area contributed by atoms with Crippen LogP contribution in [0.3, 0.4) is 0 Å². The summed E-state index contributed by atoms with van der Waals surface area (Å²) in [5, 5.41) is 9.38. The van der Waals surface area contributed by atoms with E-state index in [2.05, 4.69) is 16.0 Å². The molecule has 1 fully saturated rings. The van der Waals surface area contributed by atoms with Crippen molar-refractivity contribution in [1.82, 2.24) is 4.98 Å². The van der Waals surface area contributed by atoms with Gasteiger partial charge in [0.25, 0.3) is 0 Å². The topological polar surface area (TPSA) is 36.4 Å². The van der Waals surface area contributed by atoms with Gasteiger partial charge < -0.3 is 10.0 Å². The van der Waals surface area contributed by atoms with E-state index in [4.69, 9.17) is 0 Å². The van der Waals surface area contributed by atoms with E-state index in [0.717, 1.165) is 31.7 Å². The molecule has 0 aliphatic carbocycles. The molecule has 1 saturated heterocycles. The first kappa shape index (κ1) is 12.4. The van der Waals surface area contributed by atoms with Crippen molar-refractivity contribution < 1.29 is 5.11 Å².